The van der Waals surface area contributed by atoms with Crippen LogP contribution >= 0.6 is 11.6 Å². The van der Waals surface area contributed by atoms with Crippen LogP contribution in [0.3, 0.4) is 0 Å². The molecule has 0 fully saturated rings. The number of hydrogen-bond donors (Lipinski definition) is 0. The van der Waals surface area contributed by atoms with E-state index in [0.717, 1.165) is 16.8 Å². The lowest BCUT2D eigenvalue weighted by molar-refractivity contribution is 0.0711. The smallest absolute Gasteiger partial charge is 0.276 e. The van der Waals surface area contributed by atoms with Crippen LogP contribution in [-0.4, -0.2) is 16.6 Å². The average Bonchev–Trinajstić information content (AvgIpc) is 3.31. The Morgan fingerprint density at radius 3 is 2.73 bits per heavy atom. The van der Waals surface area contributed by atoms with Crippen molar-refractivity contribution in [1.29, 1.82) is 0 Å². The summed E-state index contributed by atoms with van der Waals surface area (Å²) in [6.07, 6.45) is 2.20. The molecule has 0 bridgehead atoms. The van der Waals surface area contributed by atoms with Gasteiger partial charge in [-0.1, -0.05) is 53.6 Å². The molecule has 0 N–H and O–H groups in total. The van der Waals surface area contributed by atoms with E-state index >= 15 is 0 Å². The van der Waals surface area contributed by atoms with E-state index in [0.29, 0.717) is 22.8 Å². The van der Waals surface area contributed by atoms with Gasteiger partial charge in [0.1, 0.15) is 11.5 Å². The van der Waals surface area contributed by atoms with E-state index in [4.69, 9.17) is 16.0 Å². The molecule has 26 heavy (non-hydrogen) atoms. The molecule has 5 heteroatoms. The Morgan fingerprint density at radius 2 is 2.00 bits per heavy atom. The highest BCUT2D eigenvalue weighted by Crippen LogP contribution is 2.35. The SMILES string of the molecule is Cc1cccc(C2CC(c3ccco3)=NN2C(=O)c2ccccc2Cl)c1. The van der Waals surface area contributed by atoms with Gasteiger partial charge in [0.15, 0.2) is 0 Å². The summed E-state index contributed by atoms with van der Waals surface area (Å²) in [4.78, 5) is 13.2. The summed E-state index contributed by atoms with van der Waals surface area (Å²) in [7, 11) is 0. The van der Waals surface area contributed by atoms with Gasteiger partial charge in [-0.25, -0.2) is 5.01 Å². The third kappa shape index (κ3) is 3.04. The highest BCUT2D eigenvalue weighted by atomic mass is 35.5. The zero-order valence-electron chi connectivity index (χ0n) is 14.2. The van der Waals surface area contributed by atoms with Crippen LogP contribution in [0.15, 0.2) is 76.4 Å². The lowest BCUT2D eigenvalue weighted by Crippen LogP contribution is -2.27. The predicted octanol–water partition coefficient (Wildman–Crippen LogP) is 5.23. The zero-order chi connectivity index (χ0) is 18.1. The number of halogens is 1. The summed E-state index contributed by atoms with van der Waals surface area (Å²) in [5.41, 5.74) is 3.37. The maximum Gasteiger partial charge on any atom is 0.276 e. The molecule has 1 aliphatic rings. The van der Waals surface area contributed by atoms with E-state index in [2.05, 4.69) is 11.2 Å². The number of hydrazone groups is 1. The quantitative estimate of drug-likeness (QED) is 0.638. The fourth-order valence-electron chi connectivity index (χ4n) is 3.18. The van der Waals surface area contributed by atoms with E-state index in [1.54, 1.807) is 30.5 Å². The van der Waals surface area contributed by atoms with Gasteiger partial charge in [-0.2, -0.15) is 5.10 Å². The first-order valence-corrected chi connectivity index (χ1v) is 8.77. The maximum atomic E-state index is 13.2. The summed E-state index contributed by atoms with van der Waals surface area (Å²) in [5, 5.41) is 6.52. The number of carbonyl (C=O) groups is 1. The minimum Gasteiger partial charge on any atom is -0.463 e. The minimum absolute atomic E-state index is 0.196. The lowest BCUT2D eigenvalue weighted by atomic mass is 9.99. The number of carbonyl (C=O) groups excluding carboxylic acids is 1. The third-order valence-corrected chi connectivity index (χ3v) is 4.78. The van der Waals surface area contributed by atoms with E-state index in [1.165, 1.54) is 5.01 Å². The van der Waals surface area contributed by atoms with Crippen LogP contribution < -0.4 is 0 Å². The molecule has 1 aromatic heterocycles. The highest BCUT2D eigenvalue weighted by Gasteiger charge is 2.35. The molecule has 1 unspecified atom stereocenters. The number of nitrogens with zero attached hydrogens (tertiary/aromatic N) is 2. The molecular weight excluding hydrogens is 348 g/mol. The van der Waals surface area contributed by atoms with Gasteiger partial charge in [0.05, 0.1) is 22.9 Å². The third-order valence-electron chi connectivity index (χ3n) is 4.46. The number of rotatable bonds is 3. The monoisotopic (exact) mass is 364 g/mol. The Labute approximate surface area is 156 Å². The molecule has 0 aliphatic carbocycles. The van der Waals surface area contributed by atoms with Crippen LogP contribution in [0.5, 0.6) is 0 Å². The van der Waals surface area contributed by atoms with Crippen LogP contribution in [0.2, 0.25) is 5.02 Å². The molecule has 130 valence electrons. The fourth-order valence-corrected chi connectivity index (χ4v) is 3.40. The van der Waals surface area contributed by atoms with Crippen molar-refractivity contribution in [2.45, 2.75) is 19.4 Å². The van der Waals surface area contributed by atoms with Gasteiger partial charge in [0, 0.05) is 6.42 Å². The normalized spacial score (nSPS) is 16.6. The van der Waals surface area contributed by atoms with Crippen molar-refractivity contribution in [1.82, 2.24) is 5.01 Å². The number of hydrogen-bond acceptors (Lipinski definition) is 3. The minimum atomic E-state index is -0.219. The summed E-state index contributed by atoms with van der Waals surface area (Å²) in [6.45, 7) is 2.03. The van der Waals surface area contributed by atoms with E-state index < -0.39 is 0 Å². The number of furan rings is 1. The molecule has 1 amide bonds. The summed E-state index contributed by atoms with van der Waals surface area (Å²) in [5.74, 6) is 0.459. The molecule has 2 heterocycles. The van der Waals surface area contributed by atoms with Gasteiger partial charge in [-0.15, -0.1) is 0 Å². The first kappa shape index (κ1) is 16.6. The first-order chi connectivity index (χ1) is 12.6. The van der Waals surface area contributed by atoms with Gasteiger partial charge in [0.25, 0.3) is 5.91 Å². The molecule has 0 radical (unpaired) electrons. The maximum absolute atomic E-state index is 13.2. The topological polar surface area (TPSA) is 45.8 Å². The number of aryl methyl sites for hydroxylation is 1. The Bertz CT molecular complexity index is 979. The van der Waals surface area contributed by atoms with Crippen molar-refractivity contribution < 1.29 is 9.21 Å². The number of benzene rings is 2. The van der Waals surface area contributed by atoms with Crippen molar-refractivity contribution in [3.63, 3.8) is 0 Å². The fraction of sp³-hybridized carbons (Fsp3) is 0.143. The Hall–Kier alpha value is -2.85. The van der Waals surface area contributed by atoms with Crippen LogP contribution in [0, 0.1) is 6.92 Å². The van der Waals surface area contributed by atoms with Gasteiger partial charge in [-0.05, 0) is 36.8 Å². The summed E-state index contributed by atoms with van der Waals surface area (Å²) in [6, 6.07) is 18.6. The van der Waals surface area contributed by atoms with E-state index in [9.17, 15) is 4.79 Å². The Kier molecular flexibility index (Phi) is 4.35. The Morgan fingerprint density at radius 1 is 1.15 bits per heavy atom. The zero-order valence-corrected chi connectivity index (χ0v) is 15.0. The first-order valence-electron chi connectivity index (χ1n) is 8.39. The second-order valence-electron chi connectivity index (χ2n) is 6.29. The molecule has 0 spiro atoms. The van der Waals surface area contributed by atoms with Crippen LogP contribution in [-0.2, 0) is 0 Å². The molecule has 1 aliphatic heterocycles. The van der Waals surface area contributed by atoms with Crippen LogP contribution in [0.1, 0.15) is 39.7 Å². The summed E-state index contributed by atoms with van der Waals surface area (Å²) >= 11 is 6.24. The van der Waals surface area contributed by atoms with Crippen molar-refractivity contribution >= 4 is 23.2 Å². The van der Waals surface area contributed by atoms with Crippen molar-refractivity contribution in [3.8, 4) is 0 Å². The predicted molar refractivity (Wildman–Crippen MR) is 101 cm³/mol. The van der Waals surface area contributed by atoms with Crippen molar-refractivity contribution in [2.24, 2.45) is 5.10 Å². The van der Waals surface area contributed by atoms with E-state index in [-0.39, 0.29) is 11.9 Å². The lowest BCUT2D eigenvalue weighted by Gasteiger charge is -2.22. The summed E-state index contributed by atoms with van der Waals surface area (Å²) < 4.78 is 5.49. The molecule has 3 aromatic rings. The molecule has 0 saturated heterocycles. The van der Waals surface area contributed by atoms with Crippen LogP contribution in [0.4, 0.5) is 0 Å². The molecule has 1 atom stereocenters. The largest absolute Gasteiger partial charge is 0.463 e. The van der Waals surface area contributed by atoms with Gasteiger partial charge < -0.3 is 4.42 Å². The van der Waals surface area contributed by atoms with Crippen LogP contribution in [0.25, 0.3) is 0 Å². The van der Waals surface area contributed by atoms with Gasteiger partial charge in [-0.3, -0.25) is 4.79 Å². The second-order valence-corrected chi connectivity index (χ2v) is 6.69. The molecule has 4 nitrogen and oxygen atoms in total. The molecule has 2 aromatic carbocycles. The molecule has 0 saturated carbocycles. The van der Waals surface area contributed by atoms with Crippen molar-refractivity contribution in [2.75, 3.05) is 0 Å². The molecule has 4 rings (SSSR count). The number of amides is 1. The van der Waals surface area contributed by atoms with Gasteiger partial charge in [0.2, 0.25) is 0 Å². The second kappa shape index (κ2) is 6.81. The highest BCUT2D eigenvalue weighted by molar-refractivity contribution is 6.33. The van der Waals surface area contributed by atoms with Gasteiger partial charge >= 0.3 is 0 Å². The average molecular weight is 365 g/mol. The molecular formula is C21H17ClN2O2. The van der Waals surface area contributed by atoms with Crippen molar-refractivity contribution in [3.05, 3.63) is 94.4 Å². The standard InChI is InChI=1S/C21H17ClN2O2/c1-14-6-4-7-15(12-14)19-13-18(20-10-5-11-26-20)23-24(19)21(25)16-8-2-3-9-17(16)22/h2-12,19H,13H2,1H3. The van der Waals surface area contributed by atoms with E-state index in [1.807, 2.05) is 37.3 Å². The Balaban J connectivity index is 1.76.